The Morgan fingerprint density at radius 3 is 2.39 bits per heavy atom. The second-order valence-corrected chi connectivity index (χ2v) is 8.47. The summed E-state index contributed by atoms with van der Waals surface area (Å²) in [4.78, 5) is 25.1. The number of hydrogen-bond acceptors (Lipinski definition) is 5. The Morgan fingerprint density at radius 2 is 1.81 bits per heavy atom. The molecule has 0 aliphatic carbocycles. The summed E-state index contributed by atoms with van der Waals surface area (Å²) in [6.45, 7) is 3.63. The highest BCUT2D eigenvalue weighted by Gasteiger charge is 2.24. The summed E-state index contributed by atoms with van der Waals surface area (Å²) in [7, 11) is 3.06. The molecule has 2 amide bonds. The van der Waals surface area contributed by atoms with Gasteiger partial charge in [-0.3, -0.25) is 9.59 Å². The van der Waals surface area contributed by atoms with E-state index in [1.54, 1.807) is 12.1 Å². The molecule has 0 aliphatic rings. The lowest BCUT2D eigenvalue weighted by Crippen LogP contribution is -2.48. The lowest BCUT2D eigenvalue weighted by Gasteiger charge is -2.20. The van der Waals surface area contributed by atoms with Crippen LogP contribution in [0.4, 0.5) is 0 Å². The van der Waals surface area contributed by atoms with Gasteiger partial charge in [0, 0.05) is 5.56 Å². The van der Waals surface area contributed by atoms with Crippen molar-refractivity contribution in [2.75, 3.05) is 14.2 Å². The van der Waals surface area contributed by atoms with Crippen molar-refractivity contribution in [2.24, 2.45) is 11.0 Å². The zero-order chi connectivity index (χ0) is 23.1. The van der Waals surface area contributed by atoms with Gasteiger partial charge in [0.25, 0.3) is 11.8 Å². The third kappa shape index (κ3) is 6.59. The molecule has 0 heterocycles. The maximum absolute atomic E-state index is 12.6. The molecule has 0 aliphatic heterocycles. The summed E-state index contributed by atoms with van der Waals surface area (Å²) in [5.74, 6) is -0.0243. The molecule has 0 fully saturated rings. The van der Waals surface area contributed by atoms with Gasteiger partial charge in [-0.15, -0.1) is 0 Å². The molecule has 0 radical (unpaired) electrons. The molecule has 2 rings (SSSR count). The molecule has 0 aromatic heterocycles. The Balaban J connectivity index is 2.09. The van der Waals surface area contributed by atoms with E-state index in [9.17, 15) is 9.59 Å². The average Bonchev–Trinajstić information content (AvgIpc) is 2.72. The van der Waals surface area contributed by atoms with Gasteiger partial charge in [-0.05, 0) is 57.7 Å². The van der Waals surface area contributed by atoms with Crippen molar-refractivity contribution >= 4 is 57.2 Å². The van der Waals surface area contributed by atoms with Gasteiger partial charge < -0.3 is 14.8 Å². The van der Waals surface area contributed by atoms with Crippen LogP contribution in [-0.4, -0.2) is 38.3 Å². The lowest BCUT2D eigenvalue weighted by atomic mass is 10.0. The normalized spacial score (nSPS) is 12.0. The van der Waals surface area contributed by atoms with Crippen molar-refractivity contribution in [3.8, 4) is 11.5 Å². The van der Waals surface area contributed by atoms with Gasteiger partial charge in [-0.2, -0.15) is 5.10 Å². The molecule has 166 valence electrons. The van der Waals surface area contributed by atoms with E-state index in [2.05, 4.69) is 31.8 Å². The van der Waals surface area contributed by atoms with Gasteiger partial charge in [0.05, 0.1) is 35.0 Å². The predicted molar refractivity (Wildman–Crippen MR) is 126 cm³/mol. The lowest BCUT2D eigenvalue weighted by molar-refractivity contribution is -0.123. The Morgan fingerprint density at radius 1 is 1.10 bits per heavy atom. The molecule has 2 N–H and O–H groups in total. The number of hydrazone groups is 1. The molecule has 31 heavy (non-hydrogen) atoms. The summed E-state index contributed by atoms with van der Waals surface area (Å²) < 4.78 is 11.2. The molecule has 2 aromatic rings. The number of nitrogens with zero attached hydrogens (tertiary/aromatic N) is 1. The molecular weight excluding hydrogens is 509 g/mol. The molecular formula is C21H22BrCl2N3O4. The summed E-state index contributed by atoms with van der Waals surface area (Å²) in [6, 6.07) is 7.17. The van der Waals surface area contributed by atoms with E-state index in [0.717, 1.165) is 0 Å². The standard InChI is InChI=1S/C21H22BrCl2N3O4/c1-11(2)18(26-20(28)13-5-6-15(23)16(24)9-13)21(29)27-25-10-12-7-14(22)19(31-4)17(8-12)30-3/h5-11,18H,1-4H3,(H,26,28)(H,27,29)/b25-10+. The number of methoxy groups -OCH3 is 2. The van der Waals surface area contributed by atoms with Crippen molar-refractivity contribution in [3.63, 3.8) is 0 Å². The fourth-order valence-electron chi connectivity index (χ4n) is 2.65. The van der Waals surface area contributed by atoms with Crippen LogP contribution < -0.4 is 20.2 Å². The fourth-order valence-corrected chi connectivity index (χ4v) is 3.57. The zero-order valence-electron chi connectivity index (χ0n) is 17.3. The molecule has 0 spiro atoms. The van der Waals surface area contributed by atoms with E-state index in [-0.39, 0.29) is 10.9 Å². The van der Waals surface area contributed by atoms with Crippen LogP contribution >= 0.6 is 39.1 Å². The molecule has 0 saturated carbocycles. The minimum Gasteiger partial charge on any atom is -0.493 e. The molecule has 1 atom stereocenters. The monoisotopic (exact) mass is 529 g/mol. The van der Waals surface area contributed by atoms with E-state index < -0.39 is 17.9 Å². The average molecular weight is 531 g/mol. The van der Waals surface area contributed by atoms with Gasteiger partial charge in [0.15, 0.2) is 11.5 Å². The fraction of sp³-hybridized carbons (Fsp3) is 0.286. The highest BCUT2D eigenvalue weighted by atomic mass is 79.9. The van der Waals surface area contributed by atoms with Crippen LogP contribution in [0.15, 0.2) is 39.9 Å². The Kier molecular flexibility index (Phi) is 9.15. The summed E-state index contributed by atoms with van der Waals surface area (Å²) >= 11 is 15.3. The van der Waals surface area contributed by atoms with Crippen molar-refractivity contribution < 1.29 is 19.1 Å². The van der Waals surface area contributed by atoms with Crippen molar-refractivity contribution in [1.82, 2.24) is 10.7 Å². The van der Waals surface area contributed by atoms with Crippen molar-refractivity contribution in [2.45, 2.75) is 19.9 Å². The van der Waals surface area contributed by atoms with Crippen LogP contribution in [0.3, 0.4) is 0 Å². The van der Waals surface area contributed by atoms with Crippen LogP contribution in [0.25, 0.3) is 0 Å². The number of carbonyl (C=O) groups is 2. The zero-order valence-corrected chi connectivity index (χ0v) is 20.4. The van der Waals surface area contributed by atoms with E-state index >= 15 is 0 Å². The first-order chi connectivity index (χ1) is 14.7. The first-order valence-corrected chi connectivity index (χ1v) is 10.7. The van der Waals surface area contributed by atoms with Gasteiger partial charge >= 0.3 is 0 Å². The van der Waals surface area contributed by atoms with E-state index in [0.29, 0.717) is 32.1 Å². The molecule has 10 heteroatoms. The number of benzene rings is 2. The molecule has 2 aromatic carbocycles. The quantitative estimate of drug-likeness (QED) is 0.383. The predicted octanol–water partition coefficient (Wildman–Crippen LogP) is 4.68. The van der Waals surface area contributed by atoms with Crippen LogP contribution in [0.1, 0.15) is 29.8 Å². The number of rotatable bonds is 8. The van der Waals surface area contributed by atoms with Gasteiger partial charge in [0.1, 0.15) is 6.04 Å². The maximum atomic E-state index is 12.6. The Labute approximate surface area is 199 Å². The minimum absolute atomic E-state index is 0.183. The van der Waals surface area contributed by atoms with E-state index in [1.807, 2.05) is 13.8 Å². The van der Waals surface area contributed by atoms with Gasteiger partial charge in [-0.25, -0.2) is 5.43 Å². The number of halogens is 3. The smallest absolute Gasteiger partial charge is 0.262 e. The van der Waals surface area contributed by atoms with Crippen LogP contribution in [0.2, 0.25) is 10.0 Å². The number of amides is 2. The minimum atomic E-state index is -0.809. The van der Waals surface area contributed by atoms with Crippen LogP contribution in [0.5, 0.6) is 11.5 Å². The first-order valence-electron chi connectivity index (χ1n) is 9.18. The van der Waals surface area contributed by atoms with Gasteiger partial charge in [0.2, 0.25) is 0 Å². The highest BCUT2D eigenvalue weighted by Crippen LogP contribution is 2.35. The van der Waals surface area contributed by atoms with Crippen LogP contribution in [0, 0.1) is 5.92 Å². The summed E-state index contributed by atoms with van der Waals surface area (Å²) in [6.07, 6.45) is 1.46. The highest BCUT2D eigenvalue weighted by molar-refractivity contribution is 9.10. The second kappa shape index (κ2) is 11.4. The SMILES string of the molecule is COc1cc(/C=N/NC(=O)C(NC(=O)c2ccc(Cl)c(Cl)c2)C(C)C)cc(Br)c1OC. The maximum Gasteiger partial charge on any atom is 0.262 e. The number of ether oxygens (including phenoxy) is 2. The van der Waals surface area contributed by atoms with Crippen molar-refractivity contribution in [3.05, 3.63) is 56.0 Å². The number of carbonyl (C=O) groups excluding carboxylic acids is 2. The Bertz CT molecular complexity index is 999. The van der Waals surface area contributed by atoms with Gasteiger partial charge in [-0.1, -0.05) is 37.0 Å². The summed E-state index contributed by atoms with van der Waals surface area (Å²) in [5.41, 5.74) is 3.43. The number of nitrogens with one attached hydrogen (secondary N) is 2. The molecule has 0 bridgehead atoms. The largest absolute Gasteiger partial charge is 0.493 e. The second-order valence-electron chi connectivity index (χ2n) is 6.80. The van der Waals surface area contributed by atoms with E-state index in [1.165, 1.54) is 38.6 Å². The molecule has 1 unspecified atom stereocenters. The first kappa shape index (κ1) is 25.0. The topological polar surface area (TPSA) is 89.0 Å². The third-order valence-electron chi connectivity index (χ3n) is 4.26. The van der Waals surface area contributed by atoms with Crippen molar-refractivity contribution in [1.29, 1.82) is 0 Å². The summed E-state index contributed by atoms with van der Waals surface area (Å²) in [5, 5.41) is 7.29. The molecule has 7 nitrogen and oxygen atoms in total. The molecule has 0 saturated heterocycles. The van der Waals surface area contributed by atoms with E-state index in [4.69, 9.17) is 32.7 Å². The third-order valence-corrected chi connectivity index (χ3v) is 5.59. The van der Waals surface area contributed by atoms with Crippen LogP contribution in [-0.2, 0) is 4.79 Å². The number of hydrogen-bond donors (Lipinski definition) is 2. The Hall–Kier alpha value is -2.29.